The second-order valence-corrected chi connectivity index (χ2v) is 15.9. The lowest BCUT2D eigenvalue weighted by molar-refractivity contribution is -0.183. The number of carbonyl (C=O) groups excluding carboxylic acids is 1. The Kier molecular flexibility index (Phi) is 13.7. The molecule has 2 saturated heterocycles. The van der Waals surface area contributed by atoms with E-state index in [-0.39, 0.29) is 11.2 Å². The molecule has 0 bridgehead atoms. The Hall–Kier alpha value is -0.636. The predicted molar refractivity (Wildman–Crippen MR) is 134 cm³/mol. The van der Waals surface area contributed by atoms with E-state index in [0.717, 1.165) is 63.5 Å². The highest BCUT2D eigenvalue weighted by molar-refractivity contribution is 6.71. The van der Waals surface area contributed by atoms with Crippen LogP contribution < -0.4 is 0 Å². The quantitative estimate of drug-likeness (QED) is 0.125. The zero-order valence-electron chi connectivity index (χ0n) is 22.2. The lowest BCUT2D eigenvalue weighted by Gasteiger charge is -2.48. The van der Waals surface area contributed by atoms with Gasteiger partial charge in [-0.2, -0.15) is 0 Å². The van der Waals surface area contributed by atoms with Crippen molar-refractivity contribution in [3.05, 3.63) is 12.7 Å². The third-order valence-corrected chi connectivity index (χ3v) is 16.0. The molecule has 0 spiro atoms. The van der Waals surface area contributed by atoms with E-state index >= 15 is 0 Å². The monoisotopic (exact) mass is 522 g/mol. The summed E-state index contributed by atoms with van der Waals surface area (Å²) in [6.45, 7) is 3.75. The molecular weight excluding hydrogens is 476 g/mol. The molecule has 0 aromatic rings. The van der Waals surface area contributed by atoms with Gasteiger partial charge in [0.1, 0.15) is 5.22 Å². The number of hydrogen-bond donors (Lipinski definition) is 0. The highest BCUT2D eigenvalue weighted by atomic mass is 28.4. The lowest BCUT2D eigenvalue weighted by atomic mass is 10.1. The van der Waals surface area contributed by atoms with Crippen molar-refractivity contribution in [2.75, 3.05) is 56.4 Å². The number of carbonyl (C=O) groups is 1. The molecule has 0 aromatic heterocycles. The molecule has 2 aliphatic heterocycles. The molecule has 1 unspecified atom stereocenters. The smallest absolute Gasteiger partial charge is 0.399 e. The van der Waals surface area contributed by atoms with Crippen molar-refractivity contribution in [1.82, 2.24) is 0 Å². The summed E-state index contributed by atoms with van der Waals surface area (Å²) < 4.78 is 44.7. The standard InChI is InChI=1S/C14H26O5Si.C9H20O4Si/c1-5-13(15)19-11-8-10-14(16-2)9-6-7-12-20(14,17-3)18-4;1-10-9(11-2)7-5-6-8-14(9,12-3)13-4/h5H,1,6-12H2,2-4H3;5-8H2,1-4H3. The molecule has 1 atom stereocenters. The summed E-state index contributed by atoms with van der Waals surface area (Å²) in [7, 11) is 7.12. The second kappa shape index (κ2) is 14.8. The lowest BCUT2D eigenvalue weighted by Crippen LogP contribution is -2.65. The molecule has 0 saturated carbocycles. The number of methoxy groups -OCH3 is 3. The fraction of sp³-hybridized carbons (Fsp3) is 0.870. The van der Waals surface area contributed by atoms with Crippen molar-refractivity contribution in [3.8, 4) is 0 Å². The van der Waals surface area contributed by atoms with Crippen LogP contribution in [-0.4, -0.2) is 90.1 Å². The van der Waals surface area contributed by atoms with Crippen LogP contribution in [0.5, 0.6) is 0 Å². The molecule has 200 valence electrons. The van der Waals surface area contributed by atoms with Gasteiger partial charge >= 0.3 is 23.1 Å². The van der Waals surface area contributed by atoms with Crippen LogP contribution in [0.1, 0.15) is 51.4 Å². The van der Waals surface area contributed by atoms with E-state index in [0.29, 0.717) is 6.61 Å². The first-order valence-electron chi connectivity index (χ1n) is 11.9. The fourth-order valence-electron chi connectivity index (χ4n) is 5.40. The molecule has 0 N–H and O–H groups in total. The summed E-state index contributed by atoms with van der Waals surface area (Å²) in [5, 5.41) is -0.352. The average Bonchev–Trinajstić information content (AvgIpc) is 2.91. The molecule has 11 heteroatoms. The van der Waals surface area contributed by atoms with E-state index in [1.54, 1.807) is 49.8 Å². The number of esters is 1. The minimum absolute atomic E-state index is 0.352. The molecule has 9 nitrogen and oxygen atoms in total. The van der Waals surface area contributed by atoms with Crippen molar-refractivity contribution in [2.45, 2.75) is 74.1 Å². The Bertz CT molecular complexity index is 587. The van der Waals surface area contributed by atoms with Crippen LogP contribution >= 0.6 is 0 Å². The highest BCUT2D eigenvalue weighted by Crippen LogP contribution is 2.43. The molecule has 0 aromatic carbocycles. The van der Waals surface area contributed by atoms with E-state index in [4.69, 9.17) is 36.7 Å². The summed E-state index contributed by atoms with van der Waals surface area (Å²) in [4.78, 5) is 11.0. The molecule has 2 aliphatic rings. The van der Waals surface area contributed by atoms with Crippen molar-refractivity contribution in [2.24, 2.45) is 0 Å². The predicted octanol–water partition coefficient (Wildman–Crippen LogP) is 3.77. The van der Waals surface area contributed by atoms with E-state index in [9.17, 15) is 4.79 Å². The first-order chi connectivity index (χ1) is 16.3. The van der Waals surface area contributed by atoms with Gasteiger partial charge < -0.3 is 36.7 Å². The summed E-state index contributed by atoms with van der Waals surface area (Å²) >= 11 is 0. The molecular formula is C23H46O9Si2. The molecule has 34 heavy (non-hydrogen) atoms. The normalized spacial score (nSPS) is 25.0. The van der Waals surface area contributed by atoms with Crippen LogP contribution in [0, 0.1) is 0 Å². The third-order valence-electron chi connectivity index (χ3n) is 7.38. The largest absolute Gasteiger partial charge is 0.463 e. The SMILES string of the molecule is C=CC(=O)OCCCC1(OC)CCCC[Si]1(OC)OC.COC1(OC)CCCC[Si]1(OC)OC. The van der Waals surface area contributed by atoms with Crippen molar-refractivity contribution in [1.29, 1.82) is 0 Å². The van der Waals surface area contributed by atoms with Gasteiger partial charge in [-0.1, -0.05) is 25.8 Å². The highest BCUT2D eigenvalue weighted by Gasteiger charge is 2.60. The molecule has 0 radical (unpaired) electrons. The minimum atomic E-state index is -2.38. The maximum atomic E-state index is 11.0. The summed E-state index contributed by atoms with van der Waals surface area (Å²) in [6.07, 6.45) is 8.94. The summed E-state index contributed by atoms with van der Waals surface area (Å²) in [5.41, 5.74) is -0.630. The molecule has 0 aliphatic carbocycles. The molecule has 2 heterocycles. The van der Waals surface area contributed by atoms with Gasteiger partial charge in [0, 0.05) is 62.3 Å². The van der Waals surface area contributed by atoms with Crippen LogP contribution in [0.3, 0.4) is 0 Å². The third kappa shape index (κ3) is 6.57. The van der Waals surface area contributed by atoms with Crippen molar-refractivity contribution in [3.63, 3.8) is 0 Å². The zero-order chi connectivity index (χ0) is 25.7. The topological polar surface area (TPSA) is 90.9 Å². The van der Waals surface area contributed by atoms with Crippen LogP contribution in [0.25, 0.3) is 0 Å². The van der Waals surface area contributed by atoms with Crippen molar-refractivity contribution < 1.29 is 41.4 Å². The number of rotatable bonds is 12. The van der Waals surface area contributed by atoms with E-state index in [2.05, 4.69) is 6.58 Å². The molecule has 2 rings (SSSR count). The fourth-order valence-corrected chi connectivity index (χ4v) is 12.8. The second-order valence-electron chi connectivity index (χ2n) is 8.57. The Morgan fingerprint density at radius 3 is 1.76 bits per heavy atom. The van der Waals surface area contributed by atoms with E-state index < -0.39 is 22.5 Å². The number of ether oxygens (including phenoxy) is 4. The minimum Gasteiger partial charge on any atom is -0.463 e. The van der Waals surface area contributed by atoms with Gasteiger partial charge in [-0.3, -0.25) is 0 Å². The van der Waals surface area contributed by atoms with Crippen molar-refractivity contribution >= 4 is 23.1 Å². The van der Waals surface area contributed by atoms with Crippen LogP contribution in [0.4, 0.5) is 0 Å². The zero-order valence-corrected chi connectivity index (χ0v) is 24.2. The summed E-state index contributed by atoms with van der Waals surface area (Å²) in [6, 6.07) is 1.88. The van der Waals surface area contributed by atoms with Crippen LogP contribution in [0.15, 0.2) is 12.7 Å². The van der Waals surface area contributed by atoms with Gasteiger partial charge in [-0.25, -0.2) is 4.79 Å². The maximum absolute atomic E-state index is 11.0. The Morgan fingerprint density at radius 2 is 1.32 bits per heavy atom. The van der Waals surface area contributed by atoms with Gasteiger partial charge in [0.25, 0.3) is 0 Å². The Balaban J connectivity index is 0.000000362. The van der Waals surface area contributed by atoms with E-state index in [1.165, 1.54) is 6.08 Å². The molecule has 2 fully saturated rings. The van der Waals surface area contributed by atoms with E-state index in [1.807, 2.05) is 0 Å². The van der Waals surface area contributed by atoms with Gasteiger partial charge in [-0.05, 0) is 37.8 Å². The van der Waals surface area contributed by atoms with Crippen LogP contribution in [0.2, 0.25) is 12.1 Å². The Morgan fingerprint density at radius 1 is 0.794 bits per heavy atom. The van der Waals surface area contributed by atoms with Gasteiger partial charge in [0.2, 0.25) is 5.41 Å². The van der Waals surface area contributed by atoms with Gasteiger partial charge in [-0.15, -0.1) is 0 Å². The van der Waals surface area contributed by atoms with Gasteiger partial charge in [0.15, 0.2) is 0 Å². The Labute approximate surface area is 207 Å². The van der Waals surface area contributed by atoms with Crippen LogP contribution in [-0.2, 0) is 41.4 Å². The maximum Gasteiger partial charge on any atom is 0.399 e. The number of hydrogen-bond acceptors (Lipinski definition) is 9. The summed E-state index contributed by atoms with van der Waals surface area (Å²) in [5.74, 6) is -0.387. The average molecular weight is 523 g/mol. The molecule has 0 amide bonds. The first-order valence-corrected chi connectivity index (χ1v) is 16.0. The van der Waals surface area contributed by atoms with Gasteiger partial charge in [0.05, 0.1) is 6.61 Å². The first kappa shape index (κ1) is 31.4.